The molecule has 0 aliphatic heterocycles. The first-order valence-electron chi connectivity index (χ1n) is 7.88. The summed E-state index contributed by atoms with van der Waals surface area (Å²) < 4.78 is 2.32. The highest BCUT2D eigenvalue weighted by Gasteiger charge is 2.20. The molecule has 0 saturated heterocycles. The van der Waals surface area contributed by atoms with Crippen LogP contribution in [0.3, 0.4) is 0 Å². The van der Waals surface area contributed by atoms with Crippen molar-refractivity contribution in [1.29, 1.82) is 0 Å². The molecule has 1 saturated carbocycles. The Morgan fingerprint density at radius 1 is 1.21 bits per heavy atom. The van der Waals surface area contributed by atoms with E-state index in [1.165, 1.54) is 55.5 Å². The molecule has 3 nitrogen and oxygen atoms in total. The highest BCUT2D eigenvalue weighted by molar-refractivity contribution is 5.25. The van der Waals surface area contributed by atoms with Crippen molar-refractivity contribution in [1.82, 2.24) is 9.78 Å². The first kappa shape index (κ1) is 14.6. The average Bonchev–Trinajstić information content (AvgIpc) is 2.65. The van der Waals surface area contributed by atoms with E-state index in [0.717, 1.165) is 13.0 Å². The number of nitrogens with two attached hydrogens (primary N) is 1. The fourth-order valence-corrected chi connectivity index (χ4v) is 3.28. The molecule has 0 aromatic carbocycles. The molecular formula is C16H29N3. The lowest BCUT2D eigenvalue weighted by Crippen LogP contribution is -2.15. The summed E-state index contributed by atoms with van der Waals surface area (Å²) in [6.45, 7) is 7.37. The maximum absolute atomic E-state index is 5.76. The molecule has 2 N–H and O–H groups in total. The van der Waals surface area contributed by atoms with Crippen molar-refractivity contribution in [2.45, 2.75) is 71.8 Å². The van der Waals surface area contributed by atoms with Gasteiger partial charge in [-0.1, -0.05) is 32.6 Å². The highest BCUT2D eigenvalue weighted by Crippen LogP contribution is 2.29. The van der Waals surface area contributed by atoms with Gasteiger partial charge in [0.1, 0.15) is 0 Å². The standard InChI is InChI=1S/C16H29N3/c1-12(11-17)10-16-13(2)18-19(14(16)3)15-8-6-4-5-7-9-15/h12,15H,4-11,17H2,1-3H3. The van der Waals surface area contributed by atoms with Crippen LogP contribution >= 0.6 is 0 Å². The maximum Gasteiger partial charge on any atom is 0.0628 e. The summed E-state index contributed by atoms with van der Waals surface area (Å²) in [4.78, 5) is 0. The van der Waals surface area contributed by atoms with Crippen molar-refractivity contribution in [2.24, 2.45) is 11.7 Å². The van der Waals surface area contributed by atoms with E-state index in [-0.39, 0.29) is 0 Å². The second-order valence-electron chi connectivity index (χ2n) is 6.28. The molecule has 1 fully saturated rings. The van der Waals surface area contributed by atoms with Gasteiger partial charge in [-0.2, -0.15) is 5.10 Å². The number of hydrogen-bond donors (Lipinski definition) is 1. The molecule has 1 unspecified atom stereocenters. The Kier molecular flexibility index (Phi) is 5.03. The largest absolute Gasteiger partial charge is 0.330 e. The van der Waals surface area contributed by atoms with E-state index in [2.05, 4.69) is 25.5 Å². The normalized spacial score (nSPS) is 19.4. The second-order valence-corrected chi connectivity index (χ2v) is 6.28. The first-order valence-corrected chi connectivity index (χ1v) is 7.88. The van der Waals surface area contributed by atoms with Gasteiger partial charge in [0.2, 0.25) is 0 Å². The molecular weight excluding hydrogens is 234 g/mol. The summed E-state index contributed by atoms with van der Waals surface area (Å²) in [7, 11) is 0. The van der Waals surface area contributed by atoms with Gasteiger partial charge in [0, 0.05) is 5.69 Å². The van der Waals surface area contributed by atoms with Gasteiger partial charge in [0.05, 0.1) is 11.7 Å². The van der Waals surface area contributed by atoms with Crippen LogP contribution in [0.5, 0.6) is 0 Å². The van der Waals surface area contributed by atoms with Crippen LogP contribution in [-0.4, -0.2) is 16.3 Å². The van der Waals surface area contributed by atoms with E-state index >= 15 is 0 Å². The molecule has 0 radical (unpaired) electrons. The number of aryl methyl sites for hydroxylation is 1. The topological polar surface area (TPSA) is 43.8 Å². The van der Waals surface area contributed by atoms with Crippen LogP contribution in [-0.2, 0) is 6.42 Å². The molecule has 1 aromatic heterocycles. The minimum atomic E-state index is 0.546. The van der Waals surface area contributed by atoms with E-state index in [1.807, 2.05) is 0 Å². The van der Waals surface area contributed by atoms with Crippen LogP contribution < -0.4 is 5.73 Å². The summed E-state index contributed by atoms with van der Waals surface area (Å²) >= 11 is 0. The number of nitrogens with zero attached hydrogens (tertiary/aromatic N) is 2. The molecule has 1 aliphatic rings. The van der Waals surface area contributed by atoms with Crippen molar-refractivity contribution in [3.8, 4) is 0 Å². The third-order valence-electron chi connectivity index (χ3n) is 4.60. The van der Waals surface area contributed by atoms with Crippen LogP contribution in [0.4, 0.5) is 0 Å². The van der Waals surface area contributed by atoms with Crippen molar-refractivity contribution in [3.63, 3.8) is 0 Å². The Labute approximate surface area is 117 Å². The van der Waals surface area contributed by atoms with Gasteiger partial charge in [0.15, 0.2) is 0 Å². The van der Waals surface area contributed by atoms with E-state index in [4.69, 9.17) is 10.8 Å². The van der Waals surface area contributed by atoms with Crippen LogP contribution in [0.1, 0.15) is 68.4 Å². The zero-order valence-corrected chi connectivity index (χ0v) is 12.8. The second kappa shape index (κ2) is 6.56. The monoisotopic (exact) mass is 263 g/mol. The smallest absolute Gasteiger partial charge is 0.0628 e. The van der Waals surface area contributed by atoms with Gasteiger partial charge in [-0.25, -0.2) is 0 Å². The van der Waals surface area contributed by atoms with E-state index in [1.54, 1.807) is 0 Å². The molecule has 3 heteroatoms. The SMILES string of the molecule is Cc1nn(C2CCCCCC2)c(C)c1CC(C)CN. The highest BCUT2D eigenvalue weighted by atomic mass is 15.3. The predicted molar refractivity (Wildman–Crippen MR) is 80.4 cm³/mol. The Hall–Kier alpha value is -0.830. The molecule has 19 heavy (non-hydrogen) atoms. The summed E-state index contributed by atoms with van der Waals surface area (Å²) in [5.41, 5.74) is 9.79. The Bertz CT molecular complexity index is 400. The molecule has 1 atom stereocenters. The van der Waals surface area contributed by atoms with Gasteiger partial charge in [-0.15, -0.1) is 0 Å². The summed E-state index contributed by atoms with van der Waals surface area (Å²) in [5.74, 6) is 0.546. The predicted octanol–water partition coefficient (Wildman–Crippen LogP) is 3.53. The van der Waals surface area contributed by atoms with Gasteiger partial charge >= 0.3 is 0 Å². The quantitative estimate of drug-likeness (QED) is 0.844. The zero-order valence-electron chi connectivity index (χ0n) is 12.8. The lowest BCUT2D eigenvalue weighted by atomic mass is 9.99. The van der Waals surface area contributed by atoms with Crippen molar-refractivity contribution in [2.75, 3.05) is 6.54 Å². The third kappa shape index (κ3) is 3.38. The van der Waals surface area contributed by atoms with Crippen molar-refractivity contribution < 1.29 is 0 Å². The van der Waals surface area contributed by atoms with Gasteiger partial charge in [-0.05, 0) is 51.1 Å². The molecule has 1 aliphatic carbocycles. The third-order valence-corrected chi connectivity index (χ3v) is 4.60. The maximum atomic E-state index is 5.76. The van der Waals surface area contributed by atoms with Crippen molar-refractivity contribution >= 4 is 0 Å². The molecule has 0 bridgehead atoms. The summed E-state index contributed by atoms with van der Waals surface area (Å²) in [5, 5.41) is 4.84. The first-order chi connectivity index (χ1) is 9.13. The van der Waals surface area contributed by atoms with E-state index < -0.39 is 0 Å². The fourth-order valence-electron chi connectivity index (χ4n) is 3.28. The van der Waals surface area contributed by atoms with Crippen LogP contribution in [0, 0.1) is 19.8 Å². The number of hydrogen-bond acceptors (Lipinski definition) is 2. The number of rotatable bonds is 4. The minimum Gasteiger partial charge on any atom is -0.330 e. The van der Waals surface area contributed by atoms with Crippen LogP contribution in [0.25, 0.3) is 0 Å². The number of aromatic nitrogens is 2. The summed E-state index contributed by atoms with van der Waals surface area (Å²) in [6.07, 6.45) is 9.18. The fraction of sp³-hybridized carbons (Fsp3) is 0.812. The Balaban J connectivity index is 2.19. The lowest BCUT2D eigenvalue weighted by molar-refractivity contribution is 0.396. The molecule has 2 rings (SSSR count). The molecule has 1 heterocycles. The zero-order chi connectivity index (χ0) is 13.8. The average molecular weight is 263 g/mol. The van der Waals surface area contributed by atoms with E-state index in [0.29, 0.717) is 12.0 Å². The van der Waals surface area contributed by atoms with Gasteiger partial charge in [0.25, 0.3) is 0 Å². The van der Waals surface area contributed by atoms with E-state index in [9.17, 15) is 0 Å². The van der Waals surface area contributed by atoms with Crippen molar-refractivity contribution in [3.05, 3.63) is 17.0 Å². The Morgan fingerprint density at radius 3 is 2.42 bits per heavy atom. The van der Waals surface area contributed by atoms with Gasteiger partial charge < -0.3 is 5.73 Å². The molecule has 0 amide bonds. The van der Waals surface area contributed by atoms with Crippen LogP contribution in [0.2, 0.25) is 0 Å². The summed E-state index contributed by atoms with van der Waals surface area (Å²) in [6, 6.07) is 0.628. The minimum absolute atomic E-state index is 0.546. The lowest BCUT2D eigenvalue weighted by Gasteiger charge is -2.17. The molecule has 0 spiro atoms. The molecule has 1 aromatic rings. The van der Waals surface area contributed by atoms with Crippen LogP contribution in [0.15, 0.2) is 0 Å². The van der Waals surface area contributed by atoms with Gasteiger partial charge in [-0.3, -0.25) is 4.68 Å². The Morgan fingerprint density at radius 2 is 1.84 bits per heavy atom. The molecule has 108 valence electrons.